The van der Waals surface area contributed by atoms with E-state index >= 15 is 0 Å². The summed E-state index contributed by atoms with van der Waals surface area (Å²) >= 11 is 0. The average molecular weight is 299 g/mol. The number of aryl methyl sites for hydroxylation is 1. The van der Waals surface area contributed by atoms with Crippen LogP contribution in [0.15, 0.2) is 11.2 Å². The van der Waals surface area contributed by atoms with Crippen molar-refractivity contribution in [3.05, 3.63) is 12.0 Å². The fourth-order valence-corrected chi connectivity index (χ4v) is 4.23. The molecule has 1 saturated heterocycles. The van der Waals surface area contributed by atoms with Crippen LogP contribution in [0.1, 0.15) is 45.4 Å². The maximum atomic E-state index is 12.7. The van der Waals surface area contributed by atoms with Crippen LogP contribution in [-0.4, -0.2) is 41.1 Å². The van der Waals surface area contributed by atoms with E-state index in [0.717, 1.165) is 19.3 Å². The van der Waals surface area contributed by atoms with Gasteiger partial charge in [0, 0.05) is 25.4 Å². The summed E-state index contributed by atoms with van der Waals surface area (Å²) in [6.07, 6.45) is 4.86. The first kappa shape index (κ1) is 15.2. The number of hydrogen-bond donors (Lipinski definition) is 1. The molecular weight excluding hydrogens is 278 g/mol. The van der Waals surface area contributed by atoms with Gasteiger partial charge in [0.2, 0.25) is 0 Å². The Kier molecular flexibility index (Phi) is 4.59. The van der Waals surface area contributed by atoms with Crippen LogP contribution in [-0.2, 0) is 21.2 Å². The minimum absolute atomic E-state index is 0.0240. The van der Waals surface area contributed by atoms with Gasteiger partial charge in [-0.2, -0.15) is 4.31 Å². The molecule has 112 valence electrons. The normalized spacial score (nSPS) is 21.0. The predicted octanol–water partition coefficient (Wildman–Crippen LogP) is 1.49. The molecule has 0 radical (unpaired) electrons. The number of carbonyl (C=O) groups excluding carboxylic acids is 1. The number of carbonyl (C=O) groups is 1. The maximum absolute atomic E-state index is 12.7. The van der Waals surface area contributed by atoms with Crippen molar-refractivity contribution < 1.29 is 13.2 Å². The van der Waals surface area contributed by atoms with Gasteiger partial charge >= 0.3 is 0 Å². The van der Waals surface area contributed by atoms with Crippen molar-refractivity contribution in [3.8, 4) is 0 Å². The van der Waals surface area contributed by atoms with Crippen LogP contribution in [0.25, 0.3) is 0 Å². The molecule has 1 aliphatic heterocycles. The van der Waals surface area contributed by atoms with Gasteiger partial charge < -0.3 is 4.98 Å². The number of nitrogens with zero attached hydrogens (tertiary/aromatic N) is 2. The number of imidazole rings is 1. The van der Waals surface area contributed by atoms with E-state index in [-0.39, 0.29) is 23.3 Å². The Morgan fingerprint density at radius 2 is 2.25 bits per heavy atom. The molecule has 1 aromatic rings. The first-order valence-electron chi connectivity index (χ1n) is 7.00. The summed E-state index contributed by atoms with van der Waals surface area (Å²) in [6, 6.07) is -0.223. The topological polar surface area (TPSA) is 83.1 Å². The zero-order valence-corrected chi connectivity index (χ0v) is 12.7. The molecule has 0 aromatic carbocycles. The molecule has 1 atom stereocenters. The van der Waals surface area contributed by atoms with Crippen molar-refractivity contribution in [2.45, 2.75) is 57.0 Å². The standard InChI is InChI=1S/C13H21N3O3S/c1-3-12-14-9-13(15-12)20(18,19)16-7-5-4-6-11(16)8-10(2)17/h9,11H,3-8H2,1-2H3,(H,14,15). The van der Waals surface area contributed by atoms with Crippen LogP contribution < -0.4 is 0 Å². The van der Waals surface area contributed by atoms with E-state index < -0.39 is 10.0 Å². The molecule has 1 N–H and O–H groups in total. The summed E-state index contributed by atoms with van der Waals surface area (Å²) in [5.41, 5.74) is 0. The third kappa shape index (κ3) is 3.09. The van der Waals surface area contributed by atoms with Crippen molar-refractivity contribution in [1.29, 1.82) is 0 Å². The summed E-state index contributed by atoms with van der Waals surface area (Å²) in [5, 5.41) is 0.129. The molecular formula is C13H21N3O3S. The Labute approximate surface area is 119 Å². The SMILES string of the molecule is CCc1ncc(S(=O)(=O)N2CCCCC2CC(C)=O)[nH]1. The van der Waals surface area contributed by atoms with Gasteiger partial charge in [-0.15, -0.1) is 0 Å². The Morgan fingerprint density at radius 1 is 1.50 bits per heavy atom. The van der Waals surface area contributed by atoms with E-state index in [1.807, 2.05) is 6.92 Å². The lowest BCUT2D eigenvalue weighted by Gasteiger charge is -2.33. The van der Waals surface area contributed by atoms with Gasteiger partial charge in [-0.1, -0.05) is 13.3 Å². The molecule has 0 bridgehead atoms. The Balaban J connectivity index is 2.27. The molecule has 20 heavy (non-hydrogen) atoms. The van der Waals surface area contributed by atoms with Crippen LogP contribution >= 0.6 is 0 Å². The fraction of sp³-hybridized carbons (Fsp3) is 0.692. The van der Waals surface area contributed by atoms with Crippen LogP contribution in [0.5, 0.6) is 0 Å². The fourth-order valence-electron chi connectivity index (χ4n) is 2.61. The Hall–Kier alpha value is -1.21. The number of hydrogen-bond acceptors (Lipinski definition) is 4. The summed E-state index contributed by atoms with van der Waals surface area (Å²) in [6.45, 7) is 3.89. The molecule has 2 rings (SSSR count). The van der Waals surface area contributed by atoms with Crippen molar-refractivity contribution in [3.63, 3.8) is 0 Å². The van der Waals surface area contributed by atoms with Crippen LogP contribution in [0, 0.1) is 0 Å². The molecule has 7 heteroatoms. The minimum atomic E-state index is -3.58. The molecule has 1 aliphatic rings. The maximum Gasteiger partial charge on any atom is 0.260 e. The zero-order chi connectivity index (χ0) is 14.8. The van der Waals surface area contributed by atoms with Gasteiger partial charge in [0.1, 0.15) is 11.6 Å². The number of Topliss-reactive ketones (excluding diaryl/α,β-unsaturated/α-hetero) is 1. The Bertz CT molecular complexity index is 579. The Morgan fingerprint density at radius 3 is 2.85 bits per heavy atom. The van der Waals surface area contributed by atoms with Crippen molar-refractivity contribution in [1.82, 2.24) is 14.3 Å². The lowest BCUT2D eigenvalue weighted by atomic mass is 10.0. The third-order valence-electron chi connectivity index (χ3n) is 3.62. The van der Waals surface area contributed by atoms with Gasteiger partial charge in [-0.05, 0) is 19.8 Å². The lowest BCUT2D eigenvalue weighted by molar-refractivity contribution is -0.118. The zero-order valence-electron chi connectivity index (χ0n) is 11.9. The molecule has 0 saturated carbocycles. The summed E-state index contributed by atoms with van der Waals surface area (Å²) in [5.74, 6) is 0.680. The van der Waals surface area contributed by atoms with Crippen molar-refractivity contribution >= 4 is 15.8 Å². The van der Waals surface area contributed by atoms with Crippen LogP contribution in [0.4, 0.5) is 0 Å². The first-order valence-corrected chi connectivity index (χ1v) is 8.44. The second-order valence-corrected chi connectivity index (χ2v) is 7.08. The van der Waals surface area contributed by atoms with E-state index in [0.29, 0.717) is 18.8 Å². The third-order valence-corrected chi connectivity index (χ3v) is 5.48. The summed E-state index contributed by atoms with van der Waals surface area (Å²) in [4.78, 5) is 18.2. The smallest absolute Gasteiger partial charge is 0.260 e. The van der Waals surface area contributed by atoms with Gasteiger partial charge in [0.15, 0.2) is 5.03 Å². The number of H-pyrrole nitrogens is 1. The quantitative estimate of drug-likeness (QED) is 0.893. The molecule has 1 unspecified atom stereocenters. The summed E-state index contributed by atoms with van der Waals surface area (Å²) < 4.78 is 26.8. The monoisotopic (exact) mass is 299 g/mol. The number of aromatic nitrogens is 2. The number of rotatable bonds is 5. The largest absolute Gasteiger partial charge is 0.332 e. The highest BCUT2D eigenvalue weighted by Crippen LogP contribution is 2.26. The van der Waals surface area contributed by atoms with E-state index in [2.05, 4.69) is 9.97 Å². The molecule has 1 fully saturated rings. The average Bonchev–Trinajstić information content (AvgIpc) is 2.88. The molecule has 1 aromatic heterocycles. The second-order valence-electron chi connectivity index (χ2n) is 5.22. The number of piperidine rings is 1. The molecule has 0 spiro atoms. The minimum Gasteiger partial charge on any atom is -0.332 e. The number of aromatic amines is 1. The highest BCUT2D eigenvalue weighted by molar-refractivity contribution is 7.89. The van der Waals surface area contributed by atoms with E-state index in [4.69, 9.17) is 0 Å². The molecule has 0 amide bonds. The van der Waals surface area contributed by atoms with E-state index in [1.165, 1.54) is 17.4 Å². The highest BCUT2D eigenvalue weighted by Gasteiger charge is 2.35. The number of ketones is 1. The molecule has 6 nitrogen and oxygen atoms in total. The van der Waals surface area contributed by atoms with Crippen molar-refractivity contribution in [2.24, 2.45) is 0 Å². The summed E-state index contributed by atoms with van der Waals surface area (Å²) in [7, 11) is -3.58. The highest BCUT2D eigenvalue weighted by atomic mass is 32.2. The predicted molar refractivity (Wildman–Crippen MR) is 74.8 cm³/mol. The van der Waals surface area contributed by atoms with Crippen molar-refractivity contribution in [2.75, 3.05) is 6.54 Å². The molecule has 2 heterocycles. The first-order chi connectivity index (χ1) is 9.45. The number of nitrogens with one attached hydrogen (secondary N) is 1. The van der Waals surface area contributed by atoms with E-state index in [1.54, 1.807) is 0 Å². The van der Waals surface area contributed by atoms with Gasteiger partial charge in [0.05, 0.1) is 6.20 Å². The van der Waals surface area contributed by atoms with Gasteiger partial charge in [-0.3, -0.25) is 4.79 Å². The van der Waals surface area contributed by atoms with Crippen LogP contribution in [0.3, 0.4) is 0 Å². The number of sulfonamides is 1. The van der Waals surface area contributed by atoms with E-state index in [9.17, 15) is 13.2 Å². The second kappa shape index (κ2) is 6.05. The molecule has 0 aliphatic carbocycles. The van der Waals surface area contributed by atoms with Gasteiger partial charge in [-0.25, -0.2) is 13.4 Å². The van der Waals surface area contributed by atoms with Crippen LogP contribution in [0.2, 0.25) is 0 Å². The van der Waals surface area contributed by atoms with Gasteiger partial charge in [0.25, 0.3) is 10.0 Å². The lowest BCUT2D eigenvalue weighted by Crippen LogP contribution is -2.44.